The third kappa shape index (κ3) is 2.83. The average molecular weight is 386 g/mol. The Bertz CT molecular complexity index is 1020. The fraction of sp³-hybridized carbons (Fsp3) is 0.200. The van der Waals surface area contributed by atoms with Gasteiger partial charge in [-0.25, -0.2) is 8.42 Å². The molecule has 0 saturated carbocycles. The summed E-state index contributed by atoms with van der Waals surface area (Å²) in [6.07, 6.45) is 0. The maximum Gasteiger partial charge on any atom is 0.263 e. The van der Waals surface area contributed by atoms with Crippen molar-refractivity contribution in [3.05, 3.63) is 40.7 Å². The quantitative estimate of drug-likeness (QED) is 0.637. The highest BCUT2D eigenvalue weighted by Crippen LogP contribution is 2.37. The van der Waals surface area contributed by atoms with Crippen LogP contribution in [-0.2, 0) is 16.1 Å². The van der Waals surface area contributed by atoms with Gasteiger partial charge in [-0.1, -0.05) is 11.6 Å². The Morgan fingerprint density at radius 3 is 2.21 bits per heavy atom. The highest BCUT2D eigenvalue weighted by Gasteiger charge is 2.29. The lowest BCUT2D eigenvalue weighted by Crippen LogP contribution is -1.96. The molecule has 126 valence electrons. The number of nitrogens with zero attached hydrogens (tertiary/aromatic N) is 3. The minimum Gasteiger partial charge on any atom is -0.416 e. The van der Waals surface area contributed by atoms with Crippen LogP contribution < -0.4 is 0 Å². The van der Waals surface area contributed by atoms with E-state index in [0.717, 1.165) is 0 Å². The van der Waals surface area contributed by atoms with Crippen LogP contribution in [0.3, 0.4) is 0 Å². The summed E-state index contributed by atoms with van der Waals surface area (Å²) in [5.41, 5.74) is 2.17. The topological polar surface area (TPSA) is 78.0 Å². The Balaban J connectivity index is 2.18. The Morgan fingerprint density at radius 1 is 1.04 bits per heavy atom. The zero-order chi connectivity index (χ0) is 17.6. The van der Waals surface area contributed by atoms with Crippen LogP contribution in [0.4, 0.5) is 0 Å². The van der Waals surface area contributed by atoms with Gasteiger partial charge in [0.25, 0.3) is 14.9 Å². The van der Waals surface area contributed by atoms with Gasteiger partial charge >= 0.3 is 0 Å². The van der Waals surface area contributed by atoms with Crippen LogP contribution in [0.15, 0.2) is 33.6 Å². The van der Waals surface area contributed by atoms with Crippen molar-refractivity contribution in [2.75, 3.05) is 0 Å². The molecular weight excluding hydrogens is 373 g/mol. The number of rotatable bonds is 3. The molecule has 24 heavy (non-hydrogen) atoms. The van der Waals surface area contributed by atoms with Crippen molar-refractivity contribution in [1.82, 2.24) is 14.8 Å². The summed E-state index contributed by atoms with van der Waals surface area (Å²) in [6.45, 7) is 3.43. The van der Waals surface area contributed by atoms with E-state index in [9.17, 15) is 8.42 Å². The number of benzene rings is 1. The molecule has 0 aliphatic carbocycles. The number of hydrogen-bond acceptors (Lipinski definition) is 5. The number of hydrogen-bond donors (Lipinski definition) is 0. The Hall–Kier alpha value is -1.83. The standard InChI is InChI=1S/C15H13Cl2N3O3S/c1-8-12(13(24(17,21)22)9(2)20(8)3)15-19-18-14(23-15)10-4-6-11(16)7-5-10/h4-7H,1-3H3. The van der Waals surface area contributed by atoms with Crippen molar-refractivity contribution in [2.45, 2.75) is 18.7 Å². The minimum absolute atomic E-state index is 0.0181. The normalized spacial score (nSPS) is 11.9. The SMILES string of the molecule is Cc1c(-c2nnc(-c3ccc(Cl)cc3)o2)c(S(=O)(=O)Cl)c(C)n1C. The van der Waals surface area contributed by atoms with Crippen LogP contribution in [0.5, 0.6) is 0 Å². The van der Waals surface area contributed by atoms with Crippen LogP contribution in [0.2, 0.25) is 5.02 Å². The Labute approximate surface area is 148 Å². The predicted molar refractivity (Wildman–Crippen MR) is 91.7 cm³/mol. The predicted octanol–water partition coefficient (Wildman–Crippen LogP) is 3.94. The van der Waals surface area contributed by atoms with E-state index in [0.29, 0.717) is 27.5 Å². The molecule has 0 radical (unpaired) electrons. The van der Waals surface area contributed by atoms with E-state index in [1.807, 2.05) is 0 Å². The molecule has 0 N–H and O–H groups in total. The number of aromatic nitrogens is 3. The summed E-state index contributed by atoms with van der Waals surface area (Å²) in [6, 6.07) is 6.88. The average Bonchev–Trinajstić information content (AvgIpc) is 3.06. The van der Waals surface area contributed by atoms with E-state index in [-0.39, 0.29) is 16.7 Å². The third-order valence-corrected chi connectivity index (χ3v) is 5.60. The van der Waals surface area contributed by atoms with Crippen LogP contribution in [0.1, 0.15) is 11.4 Å². The maximum atomic E-state index is 12.0. The molecule has 0 saturated heterocycles. The van der Waals surface area contributed by atoms with Crippen molar-refractivity contribution >= 4 is 31.3 Å². The molecule has 0 fully saturated rings. The molecule has 1 aromatic carbocycles. The van der Waals surface area contributed by atoms with Crippen molar-refractivity contribution in [3.8, 4) is 22.9 Å². The molecule has 2 aromatic heterocycles. The van der Waals surface area contributed by atoms with Crippen molar-refractivity contribution in [3.63, 3.8) is 0 Å². The molecule has 0 bridgehead atoms. The largest absolute Gasteiger partial charge is 0.416 e. The zero-order valence-corrected chi connectivity index (χ0v) is 15.4. The van der Waals surface area contributed by atoms with Gasteiger partial charge in [-0.2, -0.15) is 0 Å². The zero-order valence-electron chi connectivity index (χ0n) is 13.0. The first kappa shape index (κ1) is 17.0. The summed E-state index contributed by atoms with van der Waals surface area (Å²) in [4.78, 5) is -0.0181. The summed E-state index contributed by atoms with van der Waals surface area (Å²) >= 11 is 5.86. The lowest BCUT2D eigenvalue weighted by atomic mass is 10.2. The molecule has 0 aliphatic heterocycles. The minimum atomic E-state index is -3.97. The van der Waals surface area contributed by atoms with Gasteiger partial charge in [0.2, 0.25) is 5.89 Å². The molecule has 3 aromatic rings. The Morgan fingerprint density at radius 2 is 1.62 bits per heavy atom. The smallest absolute Gasteiger partial charge is 0.263 e. The van der Waals surface area contributed by atoms with Crippen LogP contribution >= 0.6 is 22.3 Å². The third-order valence-electron chi connectivity index (χ3n) is 3.90. The molecule has 0 unspecified atom stereocenters. The van der Waals surface area contributed by atoms with E-state index in [1.165, 1.54) is 0 Å². The highest BCUT2D eigenvalue weighted by atomic mass is 35.7. The van der Waals surface area contributed by atoms with E-state index in [1.54, 1.807) is 49.7 Å². The molecule has 0 amide bonds. The fourth-order valence-corrected chi connectivity index (χ4v) is 4.16. The van der Waals surface area contributed by atoms with Crippen molar-refractivity contribution < 1.29 is 12.8 Å². The van der Waals surface area contributed by atoms with Gasteiger partial charge in [0.05, 0.1) is 5.56 Å². The molecule has 6 nitrogen and oxygen atoms in total. The first-order chi connectivity index (χ1) is 11.2. The molecule has 2 heterocycles. The summed E-state index contributed by atoms with van der Waals surface area (Å²) in [7, 11) is 3.38. The highest BCUT2D eigenvalue weighted by molar-refractivity contribution is 8.13. The van der Waals surface area contributed by atoms with Gasteiger partial charge in [0.15, 0.2) is 0 Å². The lowest BCUT2D eigenvalue weighted by Gasteiger charge is -1.99. The molecular formula is C15H13Cl2N3O3S. The summed E-state index contributed by atoms with van der Waals surface area (Å²) in [5.74, 6) is 0.362. The van der Waals surface area contributed by atoms with Crippen molar-refractivity contribution in [2.24, 2.45) is 7.05 Å². The van der Waals surface area contributed by atoms with E-state index in [4.69, 9.17) is 26.7 Å². The molecule has 0 aliphatic rings. The second kappa shape index (κ2) is 5.91. The second-order valence-corrected chi connectivity index (χ2v) is 8.23. The maximum absolute atomic E-state index is 12.0. The van der Waals surface area contributed by atoms with Crippen LogP contribution in [-0.4, -0.2) is 23.2 Å². The van der Waals surface area contributed by atoms with Gasteiger partial charge < -0.3 is 8.98 Å². The van der Waals surface area contributed by atoms with Gasteiger partial charge in [0, 0.05) is 39.7 Å². The number of halogens is 2. The molecule has 9 heteroatoms. The molecule has 3 rings (SSSR count). The summed E-state index contributed by atoms with van der Waals surface area (Å²) < 4.78 is 31.3. The van der Waals surface area contributed by atoms with Crippen molar-refractivity contribution in [1.29, 1.82) is 0 Å². The summed E-state index contributed by atoms with van der Waals surface area (Å²) in [5, 5.41) is 8.56. The monoisotopic (exact) mass is 385 g/mol. The second-order valence-electron chi connectivity index (χ2n) is 5.29. The van der Waals surface area contributed by atoms with Gasteiger partial charge in [-0.05, 0) is 38.1 Å². The van der Waals surface area contributed by atoms with Gasteiger partial charge in [-0.15, -0.1) is 10.2 Å². The van der Waals surface area contributed by atoms with E-state index >= 15 is 0 Å². The molecule has 0 spiro atoms. The van der Waals surface area contributed by atoms with E-state index < -0.39 is 9.05 Å². The van der Waals surface area contributed by atoms with Gasteiger partial charge in [-0.3, -0.25) is 0 Å². The van der Waals surface area contributed by atoms with E-state index in [2.05, 4.69) is 10.2 Å². The first-order valence-electron chi connectivity index (χ1n) is 6.90. The van der Waals surface area contributed by atoms with Crippen LogP contribution in [0.25, 0.3) is 22.9 Å². The Kier molecular flexibility index (Phi) is 4.19. The van der Waals surface area contributed by atoms with Gasteiger partial charge in [0.1, 0.15) is 4.90 Å². The lowest BCUT2D eigenvalue weighted by molar-refractivity contribution is 0.580. The van der Waals surface area contributed by atoms with Crippen LogP contribution in [0, 0.1) is 13.8 Å². The first-order valence-corrected chi connectivity index (χ1v) is 9.59. The molecule has 0 atom stereocenters. The fourth-order valence-electron chi connectivity index (χ4n) is 2.50.